The molecule has 1 saturated heterocycles. The summed E-state index contributed by atoms with van der Waals surface area (Å²) in [6, 6.07) is 11.2. The van der Waals surface area contributed by atoms with Gasteiger partial charge in [0.2, 0.25) is 5.79 Å². The molecule has 11 heteroatoms. The first-order chi connectivity index (χ1) is 14.9. The van der Waals surface area contributed by atoms with Crippen LogP contribution in [0.15, 0.2) is 41.2 Å². The number of nitrogens with one attached hydrogen (secondary N) is 2. The van der Waals surface area contributed by atoms with Crippen LogP contribution in [0.1, 0.15) is 16.7 Å². The smallest absolute Gasteiger partial charge is 0.305 e. The number of aromatic nitrogens is 1. The molecule has 1 aliphatic rings. The predicted molar refractivity (Wildman–Crippen MR) is 134 cm³/mol. The lowest BCUT2D eigenvalue weighted by molar-refractivity contribution is -0.164. The van der Waals surface area contributed by atoms with Crippen LogP contribution in [0.5, 0.6) is 5.75 Å². The van der Waals surface area contributed by atoms with Gasteiger partial charge in [0.25, 0.3) is 0 Å². The van der Waals surface area contributed by atoms with E-state index >= 15 is 0 Å². The minimum Gasteiger partial charge on any atom is -0.506 e. The standard InChI is InChI=1S/C22H27N3O5S.2ClH/c26-18-5-4-17(20-19(18)24-21(27)31-20)22(28,29)14-23-7-6-15-2-1-3-16(12-15)13-25-8-10-30-11-9-25;;/h1-5,12,23,26,28-29H,6-11,13-14H2,(H,24,27);2*1H. The zero-order chi connectivity index (χ0) is 21.8. The molecule has 0 amide bonds. The summed E-state index contributed by atoms with van der Waals surface area (Å²) in [6.45, 7) is 4.81. The highest BCUT2D eigenvalue weighted by molar-refractivity contribution is 7.16. The second-order valence-corrected chi connectivity index (χ2v) is 8.79. The fraction of sp³-hybridized carbons (Fsp3) is 0.409. The normalized spacial score (nSPS) is 14.6. The lowest BCUT2D eigenvalue weighted by Crippen LogP contribution is -2.38. The molecule has 5 N–H and O–H groups in total. The van der Waals surface area contributed by atoms with E-state index in [4.69, 9.17) is 4.74 Å². The number of morpholine rings is 1. The van der Waals surface area contributed by atoms with Crippen LogP contribution in [0.25, 0.3) is 10.2 Å². The second-order valence-electron chi connectivity index (χ2n) is 7.80. The van der Waals surface area contributed by atoms with Crippen LogP contribution in [0.3, 0.4) is 0 Å². The van der Waals surface area contributed by atoms with Crippen LogP contribution in [0, 0.1) is 0 Å². The summed E-state index contributed by atoms with van der Waals surface area (Å²) in [5.74, 6) is -2.27. The number of thiazole rings is 1. The summed E-state index contributed by atoms with van der Waals surface area (Å²) in [6.07, 6.45) is 0.746. The average molecular weight is 518 g/mol. The Morgan fingerprint density at radius 3 is 2.61 bits per heavy atom. The van der Waals surface area contributed by atoms with Gasteiger partial charge in [0.15, 0.2) is 0 Å². The fourth-order valence-electron chi connectivity index (χ4n) is 3.83. The highest BCUT2D eigenvalue weighted by Crippen LogP contribution is 2.32. The summed E-state index contributed by atoms with van der Waals surface area (Å²) in [7, 11) is 0. The summed E-state index contributed by atoms with van der Waals surface area (Å²) in [5.41, 5.74) is 2.84. The minimum atomic E-state index is -2.17. The van der Waals surface area contributed by atoms with E-state index in [2.05, 4.69) is 39.5 Å². The number of phenols is 1. The van der Waals surface area contributed by atoms with Gasteiger partial charge in [-0.05, 0) is 36.2 Å². The molecule has 0 radical (unpaired) electrons. The molecule has 2 heterocycles. The largest absolute Gasteiger partial charge is 0.506 e. The van der Waals surface area contributed by atoms with Gasteiger partial charge < -0.3 is 30.4 Å². The molecule has 33 heavy (non-hydrogen) atoms. The quantitative estimate of drug-likeness (QED) is 0.229. The van der Waals surface area contributed by atoms with E-state index in [1.807, 2.05) is 0 Å². The number of benzene rings is 2. The zero-order valence-corrected chi connectivity index (χ0v) is 20.4. The maximum atomic E-state index is 11.7. The van der Waals surface area contributed by atoms with Gasteiger partial charge in [-0.1, -0.05) is 35.6 Å². The Kier molecular flexibility index (Phi) is 10.1. The van der Waals surface area contributed by atoms with E-state index in [0.717, 1.165) is 50.6 Å². The molecule has 1 aliphatic heterocycles. The van der Waals surface area contributed by atoms with Gasteiger partial charge >= 0.3 is 4.87 Å². The third-order valence-electron chi connectivity index (χ3n) is 5.45. The van der Waals surface area contributed by atoms with Crippen molar-refractivity contribution in [2.24, 2.45) is 0 Å². The molecule has 182 valence electrons. The van der Waals surface area contributed by atoms with Crippen molar-refractivity contribution in [3.8, 4) is 5.75 Å². The van der Waals surface area contributed by atoms with Crippen LogP contribution in [-0.4, -0.2) is 64.6 Å². The molecule has 8 nitrogen and oxygen atoms in total. The van der Waals surface area contributed by atoms with Crippen molar-refractivity contribution in [3.63, 3.8) is 0 Å². The van der Waals surface area contributed by atoms with Crippen molar-refractivity contribution in [2.75, 3.05) is 39.4 Å². The summed E-state index contributed by atoms with van der Waals surface area (Å²) in [4.78, 5) is 16.2. The third kappa shape index (κ3) is 6.91. The van der Waals surface area contributed by atoms with Crippen LogP contribution in [-0.2, 0) is 23.5 Å². The van der Waals surface area contributed by atoms with E-state index in [1.165, 1.54) is 23.3 Å². The van der Waals surface area contributed by atoms with Crippen LogP contribution in [0.2, 0.25) is 0 Å². The Bertz CT molecular complexity index is 1100. The van der Waals surface area contributed by atoms with Gasteiger partial charge in [-0.15, -0.1) is 24.8 Å². The average Bonchev–Trinajstić information content (AvgIpc) is 3.14. The van der Waals surface area contributed by atoms with Crippen LogP contribution in [0.4, 0.5) is 0 Å². The number of ether oxygens (including phenoxy) is 1. The number of aromatic hydroxyl groups is 1. The fourth-order valence-corrected chi connectivity index (χ4v) is 4.76. The van der Waals surface area contributed by atoms with Crippen LogP contribution < -0.4 is 10.2 Å². The number of aromatic amines is 1. The number of hydrogen-bond acceptors (Lipinski definition) is 8. The number of aliphatic hydroxyl groups is 2. The number of halogens is 2. The molecular weight excluding hydrogens is 489 g/mol. The Balaban J connectivity index is 0.00000193. The molecule has 0 atom stereocenters. The third-order valence-corrected chi connectivity index (χ3v) is 6.37. The van der Waals surface area contributed by atoms with E-state index in [0.29, 0.717) is 11.2 Å². The number of hydrogen-bond donors (Lipinski definition) is 5. The number of fused-ring (bicyclic) bond motifs is 1. The van der Waals surface area contributed by atoms with Gasteiger partial charge in [-0.3, -0.25) is 9.69 Å². The lowest BCUT2D eigenvalue weighted by atomic mass is 10.0. The number of phenolic OH excluding ortho intramolecular Hbond substituents is 1. The van der Waals surface area contributed by atoms with E-state index < -0.39 is 5.79 Å². The van der Waals surface area contributed by atoms with Crippen LogP contribution >= 0.6 is 36.2 Å². The highest BCUT2D eigenvalue weighted by Gasteiger charge is 2.29. The molecule has 0 spiro atoms. The second kappa shape index (κ2) is 12.1. The molecule has 3 aromatic rings. The molecule has 1 fully saturated rings. The van der Waals surface area contributed by atoms with E-state index in [-0.39, 0.29) is 53.1 Å². The first-order valence-electron chi connectivity index (χ1n) is 10.3. The maximum absolute atomic E-state index is 11.7. The Labute approximate surface area is 208 Å². The van der Waals surface area contributed by atoms with Crippen molar-refractivity contribution >= 4 is 46.4 Å². The van der Waals surface area contributed by atoms with Crippen molar-refractivity contribution in [1.82, 2.24) is 15.2 Å². The summed E-state index contributed by atoms with van der Waals surface area (Å²) in [5, 5.41) is 34.2. The summed E-state index contributed by atoms with van der Waals surface area (Å²) >= 11 is 0.841. The van der Waals surface area contributed by atoms with Gasteiger partial charge in [0, 0.05) is 25.2 Å². The lowest BCUT2D eigenvalue weighted by Gasteiger charge is -2.26. The number of H-pyrrole nitrogens is 1. The van der Waals surface area contributed by atoms with Gasteiger partial charge in [0.1, 0.15) is 11.3 Å². The first kappa shape index (κ1) is 27.6. The topological polar surface area (TPSA) is 118 Å². The Morgan fingerprint density at radius 2 is 1.85 bits per heavy atom. The molecule has 4 rings (SSSR count). The number of rotatable bonds is 8. The highest BCUT2D eigenvalue weighted by atomic mass is 35.5. The molecule has 0 saturated carbocycles. The molecule has 0 aliphatic carbocycles. The van der Waals surface area contributed by atoms with Crippen molar-refractivity contribution in [2.45, 2.75) is 18.8 Å². The monoisotopic (exact) mass is 517 g/mol. The maximum Gasteiger partial charge on any atom is 0.305 e. The number of nitrogens with zero attached hydrogens (tertiary/aromatic N) is 1. The zero-order valence-electron chi connectivity index (χ0n) is 18.0. The Hall–Kier alpha value is -1.69. The Morgan fingerprint density at radius 1 is 1.12 bits per heavy atom. The van der Waals surface area contributed by atoms with E-state index in [9.17, 15) is 20.1 Å². The van der Waals surface area contributed by atoms with E-state index in [1.54, 1.807) is 0 Å². The molecule has 2 aromatic carbocycles. The first-order valence-corrected chi connectivity index (χ1v) is 11.1. The molecule has 1 aromatic heterocycles. The van der Waals surface area contributed by atoms with Crippen molar-refractivity contribution in [3.05, 3.63) is 62.8 Å². The molecule has 0 unspecified atom stereocenters. The van der Waals surface area contributed by atoms with Gasteiger partial charge in [0.05, 0.1) is 24.5 Å². The van der Waals surface area contributed by atoms with Gasteiger partial charge in [-0.2, -0.15) is 0 Å². The SMILES string of the molecule is Cl.Cl.O=c1[nH]c2c(O)ccc(C(O)(O)CNCCc3cccc(CN4CCOCC4)c3)c2s1. The molecular formula is C22H29Cl2N3O5S. The molecule has 0 bridgehead atoms. The minimum absolute atomic E-state index is 0. The summed E-state index contributed by atoms with van der Waals surface area (Å²) < 4.78 is 5.74. The van der Waals surface area contributed by atoms with Gasteiger partial charge in [-0.25, -0.2) is 0 Å². The van der Waals surface area contributed by atoms with Crippen molar-refractivity contribution < 1.29 is 20.1 Å². The predicted octanol–water partition coefficient (Wildman–Crippen LogP) is 1.94. The van der Waals surface area contributed by atoms with Crippen molar-refractivity contribution in [1.29, 1.82) is 0 Å².